The maximum absolute atomic E-state index is 12.8. The Balaban J connectivity index is 1.57. The van der Waals surface area contributed by atoms with Gasteiger partial charge in [-0.05, 0) is 67.1 Å². The fourth-order valence-corrected chi connectivity index (χ4v) is 6.07. The second-order valence-corrected chi connectivity index (χ2v) is 11.9. The molecule has 0 N–H and O–H groups in total. The molecule has 0 saturated carbocycles. The predicted octanol–water partition coefficient (Wildman–Crippen LogP) is 4.15. The number of carbonyl (C=O) groups is 1. The second-order valence-electron chi connectivity index (χ2n) is 9.28. The summed E-state index contributed by atoms with van der Waals surface area (Å²) in [5, 5.41) is -0.320. The molecule has 3 atom stereocenters. The van der Waals surface area contributed by atoms with Crippen molar-refractivity contribution in [1.29, 1.82) is 0 Å². The Kier molecular flexibility index (Phi) is 6.23. The lowest BCUT2D eigenvalue weighted by Gasteiger charge is -2.32. The van der Waals surface area contributed by atoms with Crippen LogP contribution in [0, 0.1) is 11.8 Å². The van der Waals surface area contributed by atoms with Gasteiger partial charge < -0.3 is 4.90 Å². The summed E-state index contributed by atoms with van der Waals surface area (Å²) < 4.78 is 24.3. The molecule has 28 heavy (non-hydrogen) atoms. The van der Waals surface area contributed by atoms with Crippen LogP contribution in [-0.2, 0) is 21.1 Å². The van der Waals surface area contributed by atoms with E-state index in [9.17, 15) is 13.2 Å². The van der Waals surface area contributed by atoms with Crippen molar-refractivity contribution in [3.8, 4) is 0 Å². The number of fused-ring (bicyclic) bond motifs is 1. The molecule has 0 radical (unpaired) electrons. The molecular weight excluding hydrogens is 370 g/mol. The van der Waals surface area contributed by atoms with Gasteiger partial charge in [-0.25, -0.2) is 8.42 Å². The zero-order valence-electron chi connectivity index (χ0n) is 17.9. The van der Waals surface area contributed by atoms with Gasteiger partial charge in [-0.3, -0.25) is 4.79 Å². The van der Waals surface area contributed by atoms with Crippen LogP contribution in [0.15, 0.2) is 18.2 Å². The molecule has 4 nitrogen and oxygen atoms in total. The van der Waals surface area contributed by atoms with Gasteiger partial charge in [0.2, 0.25) is 5.91 Å². The number of amides is 1. The van der Waals surface area contributed by atoms with Crippen LogP contribution in [0.3, 0.4) is 0 Å². The highest BCUT2D eigenvalue weighted by Crippen LogP contribution is 2.46. The van der Waals surface area contributed by atoms with E-state index in [-0.39, 0.29) is 22.8 Å². The molecule has 1 aromatic rings. The van der Waals surface area contributed by atoms with Crippen LogP contribution in [0.1, 0.15) is 76.0 Å². The number of likely N-dealkylation sites (tertiary alicyclic amines) is 1. The Hall–Kier alpha value is -1.36. The molecule has 1 aliphatic carbocycles. The number of nitrogens with zero attached hydrogens (tertiary/aromatic N) is 1. The average Bonchev–Trinajstić information content (AvgIpc) is 2.86. The van der Waals surface area contributed by atoms with Crippen molar-refractivity contribution in [1.82, 2.24) is 4.90 Å². The van der Waals surface area contributed by atoms with Crippen molar-refractivity contribution in [2.75, 3.05) is 18.8 Å². The zero-order chi connectivity index (χ0) is 20.6. The Morgan fingerprint density at radius 1 is 1.07 bits per heavy atom. The third-order valence-electron chi connectivity index (χ3n) is 7.22. The van der Waals surface area contributed by atoms with Gasteiger partial charge in [-0.2, -0.15) is 0 Å². The van der Waals surface area contributed by atoms with Crippen LogP contribution >= 0.6 is 0 Å². The van der Waals surface area contributed by atoms with E-state index in [1.54, 1.807) is 13.8 Å². The van der Waals surface area contributed by atoms with Crippen molar-refractivity contribution >= 4 is 15.7 Å². The lowest BCUT2D eigenvalue weighted by atomic mass is 9.91. The van der Waals surface area contributed by atoms with Crippen LogP contribution in [0.25, 0.3) is 0 Å². The van der Waals surface area contributed by atoms with E-state index in [2.05, 4.69) is 39.0 Å². The van der Waals surface area contributed by atoms with Crippen molar-refractivity contribution in [3.05, 3.63) is 34.9 Å². The maximum Gasteiger partial charge on any atom is 0.226 e. The van der Waals surface area contributed by atoms with Crippen LogP contribution in [-0.4, -0.2) is 43.3 Å². The van der Waals surface area contributed by atoms with Gasteiger partial charge in [0.25, 0.3) is 0 Å². The Bertz CT molecular complexity index is 822. The highest BCUT2D eigenvalue weighted by molar-refractivity contribution is 7.91. The molecular formula is C23H35NO3S. The molecule has 3 unspecified atom stereocenters. The molecule has 1 aromatic carbocycles. The maximum atomic E-state index is 12.8. The number of hydrogen-bond acceptors (Lipinski definition) is 3. The first kappa shape index (κ1) is 21.4. The molecule has 1 saturated heterocycles. The van der Waals surface area contributed by atoms with Gasteiger partial charge in [-0.15, -0.1) is 0 Å². The molecule has 1 amide bonds. The summed E-state index contributed by atoms with van der Waals surface area (Å²) in [6, 6.07) is 6.56. The van der Waals surface area contributed by atoms with Gasteiger partial charge in [-0.1, -0.05) is 39.0 Å². The quantitative estimate of drug-likeness (QED) is 0.739. The van der Waals surface area contributed by atoms with Gasteiger partial charge in [0.1, 0.15) is 0 Å². The fourth-order valence-electron chi connectivity index (χ4n) is 4.70. The monoisotopic (exact) mass is 405 g/mol. The topological polar surface area (TPSA) is 54.5 Å². The van der Waals surface area contributed by atoms with E-state index in [1.165, 1.54) is 11.1 Å². The minimum atomic E-state index is -3.01. The number of hydrogen-bond donors (Lipinski definition) is 0. The van der Waals surface area contributed by atoms with Crippen molar-refractivity contribution < 1.29 is 13.2 Å². The average molecular weight is 406 g/mol. The first-order chi connectivity index (χ1) is 13.1. The zero-order valence-corrected chi connectivity index (χ0v) is 18.8. The summed E-state index contributed by atoms with van der Waals surface area (Å²) >= 11 is 0. The Morgan fingerprint density at radius 2 is 1.68 bits per heavy atom. The van der Waals surface area contributed by atoms with Gasteiger partial charge >= 0.3 is 0 Å². The summed E-state index contributed by atoms with van der Waals surface area (Å²) in [5.41, 5.74) is 3.94. The lowest BCUT2D eigenvalue weighted by molar-refractivity contribution is -0.131. The van der Waals surface area contributed by atoms with Crippen molar-refractivity contribution in [3.63, 3.8) is 0 Å². The molecule has 3 rings (SSSR count). The summed E-state index contributed by atoms with van der Waals surface area (Å²) in [6.45, 7) is 11.7. The van der Waals surface area contributed by atoms with Crippen molar-refractivity contribution in [2.24, 2.45) is 11.8 Å². The lowest BCUT2D eigenvalue weighted by Crippen LogP contribution is -2.41. The normalized spacial score (nSPS) is 25.9. The first-order valence-electron chi connectivity index (χ1n) is 10.7. The minimum absolute atomic E-state index is 0.164. The van der Waals surface area contributed by atoms with E-state index in [0.717, 1.165) is 18.4 Å². The van der Waals surface area contributed by atoms with Gasteiger partial charge in [0.15, 0.2) is 9.84 Å². The highest BCUT2D eigenvalue weighted by Gasteiger charge is 2.33. The van der Waals surface area contributed by atoms with Gasteiger partial charge in [0, 0.05) is 13.1 Å². The molecule has 1 heterocycles. The molecule has 1 fully saturated rings. The molecule has 0 spiro atoms. The second kappa shape index (κ2) is 8.17. The molecule has 5 heteroatoms. The largest absolute Gasteiger partial charge is 0.342 e. The van der Waals surface area contributed by atoms with E-state index in [4.69, 9.17) is 0 Å². The third kappa shape index (κ3) is 4.29. The predicted molar refractivity (Wildman–Crippen MR) is 114 cm³/mol. The molecule has 0 bridgehead atoms. The van der Waals surface area contributed by atoms with Crippen molar-refractivity contribution in [2.45, 2.75) is 71.0 Å². The van der Waals surface area contributed by atoms with E-state index < -0.39 is 9.84 Å². The summed E-state index contributed by atoms with van der Waals surface area (Å²) in [7, 11) is -3.01. The van der Waals surface area contributed by atoms with E-state index in [0.29, 0.717) is 37.3 Å². The SMILES string of the molecule is CC1c2ccc(CC(=O)N3CCC(CS(=O)(=O)C(C)C)CC3)cc2C(C)C1C. The summed E-state index contributed by atoms with van der Waals surface area (Å²) in [6.07, 6.45) is 2.01. The summed E-state index contributed by atoms with van der Waals surface area (Å²) in [4.78, 5) is 14.7. The van der Waals surface area contributed by atoms with E-state index >= 15 is 0 Å². The molecule has 2 aliphatic rings. The molecule has 0 aromatic heterocycles. The fraction of sp³-hybridized carbons (Fsp3) is 0.696. The summed E-state index contributed by atoms with van der Waals surface area (Å²) in [5.74, 6) is 2.36. The van der Waals surface area contributed by atoms with Crippen LogP contribution in [0.5, 0.6) is 0 Å². The molecule has 156 valence electrons. The van der Waals surface area contributed by atoms with E-state index in [1.807, 2.05) is 4.90 Å². The smallest absolute Gasteiger partial charge is 0.226 e. The minimum Gasteiger partial charge on any atom is -0.342 e. The number of benzene rings is 1. The number of carbonyl (C=O) groups excluding carboxylic acids is 1. The molecule has 1 aliphatic heterocycles. The Morgan fingerprint density at radius 3 is 2.29 bits per heavy atom. The number of sulfone groups is 1. The Labute approximate surface area is 170 Å². The van der Waals surface area contributed by atoms with Crippen LogP contribution < -0.4 is 0 Å². The van der Waals surface area contributed by atoms with Crippen LogP contribution in [0.2, 0.25) is 0 Å². The van der Waals surface area contributed by atoms with Gasteiger partial charge in [0.05, 0.1) is 17.4 Å². The number of rotatable bonds is 5. The first-order valence-corrected chi connectivity index (χ1v) is 12.4. The highest BCUT2D eigenvalue weighted by atomic mass is 32.2. The number of piperidine rings is 1. The third-order valence-corrected chi connectivity index (χ3v) is 9.59. The standard InChI is InChI=1S/C23H35NO3S/c1-15(2)28(26,27)14-19-8-10-24(11-9-19)23(25)13-20-6-7-21-17(4)16(3)18(5)22(21)12-20/h6-7,12,15-19H,8-11,13-14H2,1-5H3. The van der Waals surface area contributed by atoms with Crippen LogP contribution in [0.4, 0.5) is 0 Å².